The lowest BCUT2D eigenvalue weighted by Gasteiger charge is -2.32. The Balaban J connectivity index is 0.000000164. The van der Waals surface area contributed by atoms with Crippen molar-refractivity contribution in [2.24, 2.45) is 0 Å². The maximum atomic E-state index is 14.7. The molecule has 11 nitrogen and oxygen atoms in total. The maximum absolute atomic E-state index is 14.7. The number of ether oxygens (including phenoxy) is 2. The summed E-state index contributed by atoms with van der Waals surface area (Å²) >= 11 is 0. The molecule has 12 rings (SSSR count). The van der Waals surface area contributed by atoms with Crippen molar-refractivity contribution in [2.45, 2.75) is 53.0 Å². The third kappa shape index (κ3) is 10.5. The van der Waals surface area contributed by atoms with Crippen LogP contribution in [0.4, 0.5) is 17.6 Å². The molecule has 2 saturated heterocycles. The molecule has 0 atom stereocenters. The van der Waals surface area contributed by atoms with Crippen molar-refractivity contribution >= 4 is 45.4 Å². The first kappa shape index (κ1) is 50.1. The Morgan fingerprint density at radius 3 is 1.42 bits per heavy atom. The largest absolute Gasteiger partial charge is 0.488 e. The predicted octanol–water partition coefficient (Wildman–Crippen LogP) is 10.5. The molecule has 4 aliphatic heterocycles. The lowest BCUT2D eigenvalue weighted by Crippen LogP contribution is -2.45. The van der Waals surface area contributed by atoms with Gasteiger partial charge in [0.15, 0.2) is 0 Å². The fourth-order valence-corrected chi connectivity index (χ4v) is 10.4. The second kappa shape index (κ2) is 21.9. The maximum Gasteiger partial charge on any atom is 0.326 e. The summed E-state index contributed by atoms with van der Waals surface area (Å²) in [6.45, 7) is 13.2. The SMILES string of the molecule is CC.CN1CCN(CCn2c(=O)[nH]c3cc(/C=C4/c5ccc(F)cc5OCc5c(F)cccc54)ccc32)CC1.O=c1[nH]c2cc(/C=C3/c4ccc(F)cc4OCc4c(F)cccc43)ccc2n1CCN1CCCC1. The van der Waals surface area contributed by atoms with Crippen molar-refractivity contribution < 1.29 is 27.0 Å². The average molecular weight is 1010 g/mol. The van der Waals surface area contributed by atoms with E-state index in [1.165, 1.54) is 49.2 Å². The molecule has 0 amide bonds. The fourth-order valence-electron chi connectivity index (χ4n) is 10.4. The number of imidazole rings is 2. The van der Waals surface area contributed by atoms with Crippen LogP contribution in [0.2, 0.25) is 0 Å². The van der Waals surface area contributed by atoms with Crippen molar-refractivity contribution in [1.29, 1.82) is 0 Å². The number of likely N-dealkylation sites (tertiary alicyclic amines) is 1. The van der Waals surface area contributed by atoms with Gasteiger partial charge in [0.2, 0.25) is 0 Å². The van der Waals surface area contributed by atoms with Gasteiger partial charge in [-0.15, -0.1) is 0 Å². The lowest BCUT2D eigenvalue weighted by atomic mass is 9.92. The normalized spacial score (nSPS) is 16.7. The van der Waals surface area contributed by atoms with E-state index in [9.17, 15) is 27.2 Å². The summed E-state index contributed by atoms with van der Waals surface area (Å²) in [5.74, 6) is -0.823. The monoisotopic (exact) mass is 1010 g/mol. The number of halogens is 4. The molecule has 15 heteroatoms. The zero-order chi connectivity index (χ0) is 51.5. The van der Waals surface area contributed by atoms with Gasteiger partial charge in [-0.2, -0.15) is 0 Å². The second-order valence-corrected chi connectivity index (χ2v) is 18.9. The van der Waals surface area contributed by atoms with E-state index in [4.69, 9.17) is 9.47 Å². The van der Waals surface area contributed by atoms with Crippen LogP contribution >= 0.6 is 0 Å². The molecular weight excluding hydrogens is 947 g/mol. The molecule has 0 unspecified atom stereocenters. The number of hydrogen-bond acceptors (Lipinski definition) is 7. The number of piperazine rings is 1. The molecule has 6 heterocycles. The molecule has 0 bridgehead atoms. The Bertz CT molecular complexity index is 3540. The van der Waals surface area contributed by atoms with Crippen LogP contribution in [0.25, 0.3) is 45.4 Å². The summed E-state index contributed by atoms with van der Waals surface area (Å²) in [4.78, 5) is 38.5. The molecular formula is C59H59F4N7O4. The molecule has 0 aliphatic carbocycles. The van der Waals surface area contributed by atoms with Crippen molar-refractivity contribution in [3.63, 3.8) is 0 Å². The van der Waals surface area contributed by atoms with E-state index in [1.807, 2.05) is 74.5 Å². The van der Waals surface area contributed by atoms with Crippen molar-refractivity contribution in [3.8, 4) is 11.5 Å². The molecule has 382 valence electrons. The number of nitrogens with zero attached hydrogens (tertiary/aromatic N) is 5. The highest BCUT2D eigenvalue weighted by atomic mass is 19.1. The molecule has 2 aromatic heterocycles. The molecule has 8 aromatic rings. The van der Waals surface area contributed by atoms with Crippen LogP contribution in [0, 0.1) is 23.3 Å². The third-order valence-electron chi connectivity index (χ3n) is 14.3. The third-order valence-corrected chi connectivity index (χ3v) is 14.3. The number of rotatable bonds is 8. The number of benzene rings is 6. The zero-order valence-corrected chi connectivity index (χ0v) is 41.8. The first-order chi connectivity index (χ1) is 36.0. The minimum atomic E-state index is -0.415. The van der Waals surface area contributed by atoms with Gasteiger partial charge in [0.05, 0.1) is 22.1 Å². The van der Waals surface area contributed by atoms with Crippen LogP contribution < -0.4 is 20.9 Å². The minimum absolute atomic E-state index is 0.0122. The van der Waals surface area contributed by atoms with Crippen LogP contribution in [0.3, 0.4) is 0 Å². The van der Waals surface area contributed by atoms with Gasteiger partial charge in [0, 0.05) is 86.7 Å². The first-order valence-electron chi connectivity index (χ1n) is 25.5. The Hall–Kier alpha value is -7.46. The van der Waals surface area contributed by atoms with Gasteiger partial charge in [-0.1, -0.05) is 50.2 Å². The number of likely N-dealkylation sites (N-methyl/N-ethyl adjacent to an activating group) is 1. The number of aromatic nitrogens is 4. The van der Waals surface area contributed by atoms with Gasteiger partial charge in [-0.25, -0.2) is 27.2 Å². The van der Waals surface area contributed by atoms with Gasteiger partial charge >= 0.3 is 11.4 Å². The van der Waals surface area contributed by atoms with Crippen LogP contribution in [0.1, 0.15) is 71.2 Å². The first-order valence-corrected chi connectivity index (χ1v) is 25.5. The van der Waals surface area contributed by atoms with Gasteiger partial charge in [0.25, 0.3) is 0 Å². The molecule has 0 radical (unpaired) electrons. The Morgan fingerprint density at radius 1 is 0.514 bits per heavy atom. The summed E-state index contributed by atoms with van der Waals surface area (Å²) in [7, 11) is 2.13. The molecule has 2 N–H and O–H groups in total. The van der Waals surface area contributed by atoms with E-state index in [-0.39, 0.29) is 36.2 Å². The summed E-state index contributed by atoms with van der Waals surface area (Å²) in [6, 6.07) is 30.2. The topological polar surface area (TPSA) is 104 Å². The fraction of sp³-hybridized carbons (Fsp3) is 0.288. The number of nitrogens with one attached hydrogen (secondary N) is 2. The molecule has 74 heavy (non-hydrogen) atoms. The van der Waals surface area contributed by atoms with Crippen molar-refractivity contribution in [1.82, 2.24) is 33.8 Å². The summed E-state index contributed by atoms with van der Waals surface area (Å²) < 4.78 is 72.5. The number of H-pyrrole nitrogens is 2. The Labute approximate surface area is 426 Å². The summed E-state index contributed by atoms with van der Waals surface area (Å²) in [5.41, 5.74) is 9.70. The highest BCUT2D eigenvalue weighted by Gasteiger charge is 2.25. The molecule has 2 fully saturated rings. The van der Waals surface area contributed by atoms with Crippen LogP contribution in [-0.2, 0) is 26.3 Å². The van der Waals surface area contributed by atoms with E-state index < -0.39 is 11.6 Å². The van der Waals surface area contributed by atoms with E-state index in [0.717, 1.165) is 96.7 Å². The highest BCUT2D eigenvalue weighted by molar-refractivity contribution is 5.97. The van der Waals surface area contributed by atoms with Crippen molar-refractivity contribution in [2.75, 3.05) is 59.4 Å². The van der Waals surface area contributed by atoms with Gasteiger partial charge in [-0.05, 0) is 139 Å². The van der Waals surface area contributed by atoms with Crippen LogP contribution in [0.15, 0.2) is 119 Å². The van der Waals surface area contributed by atoms with E-state index in [1.54, 1.807) is 33.4 Å². The molecule has 0 spiro atoms. The van der Waals surface area contributed by atoms with E-state index in [2.05, 4.69) is 31.7 Å². The standard InChI is InChI=1S/C29H28F2N4O2.C28H25F2N3O2.C2H6/c1-33-9-11-34(12-10-33)13-14-35-27-8-5-19(16-26(27)32-29(35)36)15-23-21-3-2-4-25(31)24(21)18-37-28-17-20(30)6-7-22(23)28;29-19-7-8-21-22(20-4-3-5-24(30)23(20)17-35-27(21)16-19)14-18-6-9-26-25(15-18)31-28(34)33(26)13-12-32-10-1-2-11-32;1-2/h2-8,15-17H,9-14,18H2,1H3,(H,32,36);3-9,14-16H,1-2,10-13,17H2,(H,31,34);1-2H3/b23-15+;22-14+;. The van der Waals surface area contributed by atoms with Gasteiger partial charge in [-0.3, -0.25) is 14.0 Å². The van der Waals surface area contributed by atoms with Crippen LogP contribution in [-0.4, -0.2) is 93.2 Å². The van der Waals surface area contributed by atoms with E-state index >= 15 is 0 Å². The quantitative estimate of drug-likeness (QED) is 0.146. The Kier molecular flexibility index (Phi) is 14.9. The average Bonchev–Trinajstić information content (AvgIpc) is 4.07. The smallest absolute Gasteiger partial charge is 0.326 e. The van der Waals surface area contributed by atoms with Crippen LogP contribution in [0.5, 0.6) is 11.5 Å². The zero-order valence-electron chi connectivity index (χ0n) is 41.8. The second-order valence-electron chi connectivity index (χ2n) is 18.9. The number of hydrogen-bond donors (Lipinski definition) is 2. The summed E-state index contributed by atoms with van der Waals surface area (Å²) in [6.07, 6.45) is 6.30. The highest BCUT2D eigenvalue weighted by Crippen LogP contribution is 2.41. The molecule has 4 aliphatic rings. The number of fused-ring (bicyclic) bond motifs is 6. The molecule has 6 aromatic carbocycles. The van der Waals surface area contributed by atoms with Gasteiger partial charge < -0.3 is 29.2 Å². The summed E-state index contributed by atoms with van der Waals surface area (Å²) in [5, 5.41) is 0. The van der Waals surface area contributed by atoms with Crippen molar-refractivity contribution in [3.05, 3.63) is 198 Å². The lowest BCUT2D eigenvalue weighted by molar-refractivity contribution is 0.150. The predicted molar refractivity (Wildman–Crippen MR) is 284 cm³/mol. The van der Waals surface area contributed by atoms with Gasteiger partial charge in [0.1, 0.15) is 48.0 Å². The number of aromatic amines is 2. The Morgan fingerprint density at radius 2 is 0.959 bits per heavy atom. The molecule has 0 saturated carbocycles. The van der Waals surface area contributed by atoms with E-state index in [0.29, 0.717) is 58.0 Å². The minimum Gasteiger partial charge on any atom is -0.488 e.